The number of benzene rings is 2. The van der Waals surface area contributed by atoms with E-state index < -0.39 is 21.7 Å². The zero-order valence-corrected chi connectivity index (χ0v) is 16.8. The van der Waals surface area contributed by atoms with E-state index in [1.165, 1.54) is 17.8 Å². The number of para-hydroxylation sites is 1. The second-order valence-electron chi connectivity index (χ2n) is 7.08. The number of hydrogen-bond donors (Lipinski definition) is 0. The first-order valence-corrected chi connectivity index (χ1v) is 11.6. The van der Waals surface area contributed by atoms with Gasteiger partial charge in [0.2, 0.25) is 0 Å². The number of aliphatic imine (C=N–C) groups is 1. The third-order valence-corrected chi connectivity index (χ3v) is 8.05. The van der Waals surface area contributed by atoms with Gasteiger partial charge < -0.3 is 4.90 Å². The largest absolute Gasteiger partial charge is 0.313 e. The van der Waals surface area contributed by atoms with Crippen LogP contribution in [0.4, 0.5) is 10.1 Å². The molecule has 0 bridgehead atoms. The first kappa shape index (κ1) is 19.1. The highest BCUT2D eigenvalue weighted by atomic mass is 32.2. The second-order valence-corrected chi connectivity index (χ2v) is 10.4. The summed E-state index contributed by atoms with van der Waals surface area (Å²) in [5.41, 5.74) is 2.17. The van der Waals surface area contributed by atoms with Gasteiger partial charge in [-0.05, 0) is 24.6 Å². The SMILES string of the molecule is Cc1cccc(CC(=O)N=C2S[C@H]3CS(=O)(=O)C[C@@H]3N2c2ccccc2F)c1. The summed E-state index contributed by atoms with van der Waals surface area (Å²) in [7, 11) is -3.19. The Hall–Kier alpha value is -2.19. The van der Waals surface area contributed by atoms with Crippen molar-refractivity contribution in [2.45, 2.75) is 24.6 Å². The first-order chi connectivity index (χ1) is 13.3. The summed E-state index contributed by atoms with van der Waals surface area (Å²) in [5.74, 6) is -0.855. The predicted molar refractivity (Wildman–Crippen MR) is 110 cm³/mol. The van der Waals surface area contributed by atoms with Gasteiger partial charge in [-0.15, -0.1) is 0 Å². The van der Waals surface area contributed by atoms with E-state index in [-0.39, 0.29) is 34.8 Å². The van der Waals surface area contributed by atoms with Crippen molar-refractivity contribution in [3.05, 3.63) is 65.5 Å². The number of nitrogens with zero attached hydrogens (tertiary/aromatic N) is 2. The molecule has 146 valence electrons. The van der Waals surface area contributed by atoms with E-state index in [4.69, 9.17) is 0 Å². The van der Waals surface area contributed by atoms with Crippen molar-refractivity contribution in [1.82, 2.24) is 0 Å². The Labute approximate surface area is 167 Å². The van der Waals surface area contributed by atoms with Gasteiger partial charge >= 0.3 is 0 Å². The van der Waals surface area contributed by atoms with E-state index in [1.54, 1.807) is 23.1 Å². The summed E-state index contributed by atoms with van der Waals surface area (Å²) in [4.78, 5) is 18.4. The third-order valence-electron chi connectivity index (χ3n) is 4.84. The van der Waals surface area contributed by atoms with E-state index in [9.17, 15) is 17.6 Å². The Kier molecular flexibility index (Phi) is 5.01. The molecule has 0 aromatic heterocycles. The normalized spacial score (nSPS) is 24.5. The molecule has 2 heterocycles. The fourth-order valence-corrected chi connectivity index (χ4v) is 7.56. The number of aryl methyl sites for hydroxylation is 1. The number of carbonyl (C=O) groups excluding carboxylic acids is 1. The lowest BCUT2D eigenvalue weighted by atomic mass is 10.1. The molecule has 1 amide bonds. The molecule has 28 heavy (non-hydrogen) atoms. The van der Waals surface area contributed by atoms with Crippen LogP contribution in [0, 0.1) is 12.7 Å². The molecule has 2 fully saturated rings. The smallest absolute Gasteiger partial charge is 0.252 e. The Morgan fingerprint density at radius 2 is 2.00 bits per heavy atom. The Bertz CT molecular complexity index is 1070. The number of sulfone groups is 1. The summed E-state index contributed by atoms with van der Waals surface area (Å²) in [6, 6.07) is 13.4. The highest BCUT2D eigenvalue weighted by Gasteiger charge is 2.49. The van der Waals surface area contributed by atoms with Crippen LogP contribution in [0.25, 0.3) is 0 Å². The molecule has 4 rings (SSSR count). The Morgan fingerprint density at radius 1 is 1.21 bits per heavy atom. The number of carbonyl (C=O) groups is 1. The quantitative estimate of drug-likeness (QED) is 0.767. The maximum absolute atomic E-state index is 14.5. The van der Waals surface area contributed by atoms with Crippen molar-refractivity contribution in [3.63, 3.8) is 0 Å². The molecule has 0 aliphatic carbocycles. The van der Waals surface area contributed by atoms with Gasteiger partial charge in [-0.1, -0.05) is 53.7 Å². The van der Waals surface area contributed by atoms with Crippen LogP contribution < -0.4 is 4.90 Å². The maximum Gasteiger partial charge on any atom is 0.252 e. The van der Waals surface area contributed by atoms with Crippen LogP contribution in [-0.4, -0.2) is 42.3 Å². The lowest BCUT2D eigenvalue weighted by molar-refractivity contribution is -0.117. The van der Waals surface area contributed by atoms with Crippen LogP contribution in [-0.2, 0) is 21.1 Å². The van der Waals surface area contributed by atoms with Gasteiger partial charge in [0, 0.05) is 5.25 Å². The van der Waals surface area contributed by atoms with E-state index in [2.05, 4.69) is 4.99 Å². The molecule has 0 spiro atoms. The van der Waals surface area contributed by atoms with Crippen molar-refractivity contribution < 1.29 is 17.6 Å². The number of amidine groups is 1. The Balaban J connectivity index is 1.66. The summed E-state index contributed by atoms with van der Waals surface area (Å²) in [5, 5.41) is 0.114. The second kappa shape index (κ2) is 7.33. The zero-order chi connectivity index (χ0) is 19.9. The average molecular weight is 419 g/mol. The highest BCUT2D eigenvalue weighted by molar-refractivity contribution is 8.16. The van der Waals surface area contributed by atoms with Crippen LogP contribution in [0.2, 0.25) is 0 Å². The molecular formula is C20H19FN2O3S2. The fourth-order valence-electron chi connectivity index (χ4n) is 3.64. The lowest BCUT2D eigenvalue weighted by Gasteiger charge is -2.24. The minimum atomic E-state index is -3.19. The summed E-state index contributed by atoms with van der Waals surface area (Å²) < 4.78 is 38.6. The molecule has 2 atom stereocenters. The molecule has 2 aliphatic rings. The van der Waals surface area contributed by atoms with Gasteiger partial charge in [0.05, 0.1) is 29.7 Å². The molecule has 2 aliphatic heterocycles. The van der Waals surface area contributed by atoms with Gasteiger partial charge in [0.1, 0.15) is 5.82 Å². The minimum absolute atomic E-state index is 0.0123. The molecule has 0 unspecified atom stereocenters. The summed E-state index contributed by atoms with van der Waals surface area (Å²) >= 11 is 1.25. The zero-order valence-electron chi connectivity index (χ0n) is 15.2. The number of anilines is 1. The van der Waals surface area contributed by atoms with Crippen LogP contribution in [0.1, 0.15) is 11.1 Å². The standard InChI is InChI=1S/C20H19FN2O3S2/c1-13-5-4-6-14(9-13)10-19(24)22-20-23(16-8-3-2-7-15(16)21)17-11-28(25,26)12-18(17)27-20/h2-9,17-18H,10-12H2,1H3/t17-,18-/m0/s1. The van der Waals surface area contributed by atoms with E-state index in [1.807, 2.05) is 31.2 Å². The molecular weight excluding hydrogens is 399 g/mol. The topological polar surface area (TPSA) is 66.8 Å². The van der Waals surface area contributed by atoms with Crippen molar-refractivity contribution >= 4 is 38.4 Å². The van der Waals surface area contributed by atoms with Crippen molar-refractivity contribution in [2.75, 3.05) is 16.4 Å². The Morgan fingerprint density at radius 3 is 2.75 bits per heavy atom. The molecule has 0 saturated carbocycles. The highest BCUT2D eigenvalue weighted by Crippen LogP contribution is 2.41. The minimum Gasteiger partial charge on any atom is -0.313 e. The van der Waals surface area contributed by atoms with E-state index in [0.717, 1.165) is 11.1 Å². The number of rotatable bonds is 3. The van der Waals surface area contributed by atoms with Crippen molar-refractivity contribution in [1.29, 1.82) is 0 Å². The van der Waals surface area contributed by atoms with Crippen molar-refractivity contribution in [3.8, 4) is 0 Å². The van der Waals surface area contributed by atoms with Gasteiger partial charge in [-0.2, -0.15) is 4.99 Å². The fraction of sp³-hybridized carbons (Fsp3) is 0.300. The average Bonchev–Trinajstić information content (AvgIpc) is 3.06. The third kappa shape index (κ3) is 3.84. The van der Waals surface area contributed by atoms with Crippen molar-refractivity contribution in [2.24, 2.45) is 4.99 Å². The molecule has 0 N–H and O–H groups in total. The number of hydrogen-bond acceptors (Lipinski definition) is 4. The summed E-state index contributed by atoms with van der Waals surface area (Å²) in [6.07, 6.45) is 0.143. The molecule has 2 saturated heterocycles. The van der Waals surface area contributed by atoms with Crippen LogP contribution in [0.3, 0.4) is 0 Å². The number of thioether (sulfide) groups is 1. The van der Waals surface area contributed by atoms with Gasteiger partial charge in [0.15, 0.2) is 15.0 Å². The summed E-state index contributed by atoms with van der Waals surface area (Å²) in [6.45, 7) is 1.95. The number of fused-ring (bicyclic) bond motifs is 1. The van der Waals surface area contributed by atoms with E-state index >= 15 is 0 Å². The van der Waals surface area contributed by atoms with Gasteiger partial charge in [0.25, 0.3) is 5.91 Å². The lowest BCUT2D eigenvalue weighted by Crippen LogP contribution is -2.38. The number of halogens is 1. The maximum atomic E-state index is 14.5. The molecule has 2 aromatic carbocycles. The van der Waals surface area contributed by atoms with E-state index in [0.29, 0.717) is 5.17 Å². The molecule has 8 heteroatoms. The van der Waals surface area contributed by atoms with Crippen LogP contribution in [0.5, 0.6) is 0 Å². The molecule has 0 radical (unpaired) electrons. The molecule has 2 aromatic rings. The first-order valence-electron chi connectivity index (χ1n) is 8.90. The van der Waals surface area contributed by atoms with Crippen LogP contribution >= 0.6 is 11.8 Å². The number of amides is 1. The van der Waals surface area contributed by atoms with Crippen LogP contribution in [0.15, 0.2) is 53.5 Å². The molecule has 5 nitrogen and oxygen atoms in total. The van der Waals surface area contributed by atoms with Gasteiger partial charge in [-0.3, -0.25) is 4.79 Å². The predicted octanol–water partition coefficient (Wildman–Crippen LogP) is 2.98. The monoisotopic (exact) mass is 418 g/mol. The van der Waals surface area contributed by atoms with Gasteiger partial charge in [-0.25, -0.2) is 12.8 Å².